The van der Waals surface area contributed by atoms with Crippen LogP contribution in [0.25, 0.3) is 11.1 Å². The Hall–Kier alpha value is -2.13. The number of piperazine rings is 1. The van der Waals surface area contributed by atoms with Crippen molar-refractivity contribution in [2.45, 2.75) is 13.3 Å². The summed E-state index contributed by atoms with van der Waals surface area (Å²) in [6.07, 6.45) is 0.494. The molecule has 0 spiro atoms. The molecule has 1 aliphatic heterocycles. The van der Waals surface area contributed by atoms with E-state index in [4.69, 9.17) is 0 Å². The summed E-state index contributed by atoms with van der Waals surface area (Å²) in [5.74, 6) is 0.227. The van der Waals surface area contributed by atoms with Crippen molar-refractivity contribution in [2.75, 3.05) is 26.2 Å². The molecule has 1 N–H and O–H groups in total. The predicted molar refractivity (Wildman–Crippen MR) is 89.8 cm³/mol. The van der Waals surface area contributed by atoms with Gasteiger partial charge in [-0.3, -0.25) is 4.79 Å². The Labute approximate surface area is 132 Å². The molecule has 3 rings (SSSR count). The van der Waals surface area contributed by atoms with Crippen molar-refractivity contribution in [3.63, 3.8) is 0 Å². The van der Waals surface area contributed by atoms with Crippen molar-refractivity contribution in [3.8, 4) is 11.1 Å². The number of nitrogens with one attached hydrogen (secondary N) is 1. The maximum absolute atomic E-state index is 12.3. The van der Waals surface area contributed by atoms with Crippen molar-refractivity contribution < 1.29 is 4.79 Å². The molecule has 3 heteroatoms. The average Bonchev–Trinajstić information content (AvgIpc) is 2.57. The zero-order valence-corrected chi connectivity index (χ0v) is 13.0. The summed E-state index contributed by atoms with van der Waals surface area (Å²) in [6.45, 7) is 5.56. The fourth-order valence-corrected chi connectivity index (χ4v) is 2.90. The Morgan fingerprint density at radius 2 is 1.73 bits per heavy atom. The molecule has 0 bridgehead atoms. The van der Waals surface area contributed by atoms with E-state index in [9.17, 15) is 4.79 Å². The van der Waals surface area contributed by atoms with Gasteiger partial charge in [0.2, 0.25) is 5.91 Å². The third-order valence-electron chi connectivity index (χ3n) is 4.24. The normalized spacial score (nSPS) is 14.9. The van der Waals surface area contributed by atoms with Gasteiger partial charge < -0.3 is 10.2 Å². The van der Waals surface area contributed by atoms with Crippen molar-refractivity contribution in [1.82, 2.24) is 10.2 Å². The molecule has 0 saturated carbocycles. The molecule has 0 radical (unpaired) electrons. The van der Waals surface area contributed by atoms with Gasteiger partial charge in [0, 0.05) is 26.2 Å². The zero-order chi connectivity index (χ0) is 15.4. The van der Waals surface area contributed by atoms with E-state index in [0.29, 0.717) is 6.42 Å². The highest BCUT2D eigenvalue weighted by Gasteiger charge is 2.16. The first-order valence-corrected chi connectivity index (χ1v) is 7.87. The predicted octanol–water partition coefficient (Wildman–Crippen LogP) is 2.64. The van der Waals surface area contributed by atoms with Crippen LogP contribution in [0.5, 0.6) is 0 Å². The third kappa shape index (κ3) is 3.37. The molecule has 0 aromatic heterocycles. The Morgan fingerprint density at radius 1 is 1.05 bits per heavy atom. The highest BCUT2D eigenvalue weighted by molar-refractivity contribution is 5.79. The van der Waals surface area contributed by atoms with Gasteiger partial charge in [-0.15, -0.1) is 0 Å². The maximum Gasteiger partial charge on any atom is 0.227 e. The highest BCUT2D eigenvalue weighted by Crippen LogP contribution is 2.23. The molecule has 0 aliphatic carbocycles. The lowest BCUT2D eigenvalue weighted by Crippen LogP contribution is -2.46. The van der Waals surface area contributed by atoms with E-state index in [-0.39, 0.29) is 5.91 Å². The van der Waals surface area contributed by atoms with Gasteiger partial charge in [0.1, 0.15) is 0 Å². The second kappa shape index (κ2) is 6.75. The zero-order valence-electron chi connectivity index (χ0n) is 13.0. The van der Waals surface area contributed by atoms with E-state index >= 15 is 0 Å². The van der Waals surface area contributed by atoms with E-state index in [1.54, 1.807) is 0 Å². The highest BCUT2D eigenvalue weighted by atomic mass is 16.2. The number of amides is 1. The van der Waals surface area contributed by atoms with Gasteiger partial charge in [-0.2, -0.15) is 0 Å². The van der Waals surface area contributed by atoms with Crippen LogP contribution in [0.1, 0.15) is 11.1 Å². The van der Waals surface area contributed by atoms with Crippen molar-refractivity contribution in [2.24, 2.45) is 0 Å². The van der Waals surface area contributed by atoms with E-state index in [1.165, 1.54) is 16.7 Å². The topological polar surface area (TPSA) is 32.3 Å². The minimum Gasteiger partial charge on any atom is -0.340 e. The SMILES string of the molecule is Cc1ccccc1-c1ccc(CC(=O)N2CCNCC2)cc1. The second-order valence-electron chi connectivity index (χ2n) is 5.82. The van der Waals surface area contributed by atoms with Crippen LogP contribution in [0.3, 0.4) is 0 Å². The van der Waals surface area contributed by atoms with Crippen LogP contribution in [0.15, 0.2) is 48.5 Å². The molecule has 2 aromatic rings. The van der Waals surface area contributed by atoms with Gasteiger partial charge >= 0.3 is 0 Å². The number of carbonyl (C=O) groups is 1. The van der Waals surface area contributed by atoms with Crippen LogP contribution in [-0.4, -0.2) is 37.0 Å². The Kier molecular flexibility index (Phi) is 4.54. The molecule has 1 heterocycles. The number of benzene rings is 2. The standard InChI is InChI=1S/C19H22N2O/c1-15-4-2-3-5-18(15)17-8-6-16(7-9-17)14-19(22)21-12-10-20-11-13-21/h2-9,20H,10-14H2,1H3. The summed E-state index contributed by atoms with van der Waals surface area (Å²) in [5.41, 5.74) is 4.81. The molecule has 3 nitrogen and oxygen atoms in total. The molecule has 22 heavy (non-hydrogen) atoms. The number of nitrogens with zero attached hydrogens (tertiary/aromatic N) is 1. The summed E-state index contributed by atoms with van der Waals surface area (Å²) in [4.78, 5) is 14.2. The summed E-state index contributed by atoms with van der Waals surface area (Å²) in [6, 6.07) is 16.7. The van der Waals surface area contributed by atoms with Crippen molar-refractivity contribution in [3.05, 3.63) is 59.7 Å². The van der Waals surface area contributed by atoms with E-state index < -0.39 is 0 Å². The van der Waals surface area contributed by atoms with Crippen LogP contribution in [-0.2, 0) is 11.2 Å². The molecule has 114 valence electrons. The van der Waals surface area contributed by atoms with Crippen LogP contribution in [0.4, 0.5) is 0 Å². The molecular formula is C19H22N2O. The van der Waals surface area contributed by atoms with E-state index in [1.807, 2.05) is 4.90 Å². The van der Waals surface area contributed by atoms with Gasteiger partial charge in [-0.05, 0) is 29.2 Å². The van der Waals surface area contributed by atoms with E-state index in [0.717, 1.165) is 31.7 Å². The molecular weight excluding hydrogens is 272 g/mol. The van der Waals surface area contributed by atoms with Crippen LogP contribution in [0, 0.1) is 6.92 Å². The van der Waals surface area contributed by atoms with Gasteiger partial charge in [-0.1, -0.05) is 48.5 Å². The minimum absolute atomic E-state index is 0.227. The second-order valence-corrected chi connectivity index (χ2v) is 5.82. The van der Waals surface area contributed by atoms with Crippen LogP contribution in [0.2, 0.25) is 0 Å². The van der Waals surface area contributed by atoms with Gasteiger partial charge in [0.05, 0.1) is 6.42 Å². The van der Waals surface area contributed by atoms with Gasteiger partial charge in [0.25, 0.3) is 0 Å². The lowest BCUT2D eigenvalue weighted by molar-refractivity contribution is -0.131. The Balaban J connectivity index is 1.69. The summed E-state index contributed by atoms with van der Waals surface area (Å²) in [5, 5.41) is 3.27. The van der Waals surface area contributed by atoms with Crippen LogP contribution < -0.4 is 5.32 Å². The summed E-state index contributed by atoms with van der Waals surface area (Å²) < 4.78 is 0. The summed E-state index contributed by atoms with van der Waals surface area (Å²) >= 11 is 0. The first kappa shape index (κ1) is 14.8. The largest absolute Gasteiger partial charge is 0.340 e. The molecule has 1 amide bonds. The number of aryl methyl sites for hydroxylation is 1. The lowest BCUT2D eigenvalue weighted by atomic mass is 9.99. The number of hydrogen-bond donors (Lipinski definition) is 1. The quantitative estimate of drug-likeness (QED) is 0.944. The fourth-order valence-electron chi connectivity index (χ4n) is 2.90. The van der Waals surface area contributed by atoms with Gasteiger partial charge in [-0.25, -0.2) is 0 Å². The number of rotatable bonds is 3. The molecule has 1 aliphatic rings. The van der Waals surface area contributed by atoms with E-state index in [2.05, 4.69) is 60.8 Å². The average molecular weight is 294 g/mol. The Morgan fingerprint density at radius 3 is 2.41 bits per heavy atom. The first-order valence-electron chi connectivity index (χ1n) is 7.87. The first-order chi connectivity index (χ1) is 10.7. The minimum atomic E-state index is 0.227. The monoisotopic (exact) mass is 294 g/mol. The van der Waals surface area contributed by atoms with Crippen molar-refractivity contribution >= 4 is 5.91 Å². The number of hydrogen-bond acceptors (Lipinski definition) is 2. The molecule has 0 atom stereocenters. The summed E-state index contributed by atoms with van der Waals surface area (Å²) in [7, 11) is 0. The van der Waals surface area contributed by atoms with Crippen molar-refractivity contribution in [1.29, 1.82) is 0 Å². The van der Waals surface area contributed by atoms with Crippen LogP contribution >= 0.6 is 0 Å². The van der Waals surface area contributed by atoms with Gasteiger partial charge in [0.15, 0.2) is 0 Å². The Bertz CT molecular complexity index is 643. The molecule has 2 aromatic carbocycles. The molecule has 1 fully saturated rings. The fraction of sp³-hybridized carbons (Fsp3) is 0.316. The smallest absolute Gasteiger partial charge is 0.227 e. The number of carbonyl (C=O) groups excluding carboxylic acids is 1. The third-order valence-corrected chi connectivity index (χ3v) is 4.24. The molecule has 1 saturated heterocycles. The maximum atomic E-state index is 12.3. The lowest BCUT2D eigenvalue weighted by Gasteiger charge is -2.27. The molecule has 0 unspecified atom stereocenters.